The van der Waals surface area contributed by atoms with E-state index in [1.165, 1.54) is 23.7 Å². The highest BCUT2D eigenvalue weighted by Gasteiger charge is 2.30. The molecule has 2 rings (SSSR count). The zero-order valence-corrected chi connectivity index (χ0v) is 15.5. The van der Waals surface area contributed by atoms with Gasteiger partial charge in [0.25, 0.3) is 0 Å². The van der Waals surface area contributed by atoms with Crippen LogP contribution in [0.25, 0.3) is 0 Å². The SMILES string of the molecule is CCN(C1CCN(C(=O)Nc2ccc(C(C)=O)cn2)CC1)S(C)(=O)=O. The third-order valence-corrected chi connectivity index (χ3v) is 5.71. The first-order chi connectivity index (χ1) is 11.7. The molecule has 0 atom stereocenters. The van der Waals surface area contributed by atoms with Gasteiger partial charge in [-0.25, -0.2) is 18.2 Å². The zero-order chi connectivity index (χ0) is 18.6. The van der Waals surface area contributed by atoms with Gasteiger partial charge >= 0.3 is 6.03 Å². The second kappa shape index (κ2) is 7.92. The molecule has 2 amide bonds. The molecule has 0 aliphatic carbocycles. The van der Waals surface area contributed by atoms with Gasteiger partial charge in [0.15, 0.2) is 5.78 Å². The van der Waals surface area contributed by atoms with E-state index in [-0.39, 0.29) is 17.9 Å². The van der Waals surface area contributed by atoms with E-state index >= 15 is 0 Å². The molecule has 2 heterocycles. The lowest BCUT2D eigenvalue weighted by Gasteiger charge is -2.36. The summed E-state index contributed by atoms with van der Waals surface area (Å²) in [7, 11) is -3.24. The number of sulfonamides is 1. The highest BCUT2D eigenvalue weighted by molar-refractivity contribution is 7.88. The molecule has 138 valence electrons. The van der Waals surface area contributed by atoms with Crippen LogP contribution >= 0.6 is 0 Å². The molecule has 0 unspecified atom stereocenters. The van der Waals surface area contributed by atoms with Gasteiger partial charge in [-0.1, -0.05) is 6.92 Å². The van der Waals surface area contributed by atoms with E-state index in [2.05, 4.69) is 10.3 Å². The monoisotopic (exact) mass is 368 g/mol. The van der Waals surface area contributed by atoms with Gasteiger partial charge in [-0.05, 0) is 31.9 Å². The van der Waals surface area contributed by atoms with Crippen LogP contribution in [0.3, 0.4) is 0 Å². The van der Waals surface area contributed by atoms with E-state index < -0.39 is 10.0 Å². The maximum atomic E-state index is 12.3. The Bertz CT molecular complexity index is 725. The molecule has 1 aromatic rings. The van der Waals surface area contributed by atoms with Crippen LogP contribution in [0.2, 0.25) is 0 Å². The Morgan fingerprint density at radius 3 is 2.40 bits per heavy atom. The number of Topliss-reactive ketones (excluding diaryl/α,β-unsaturated/α-hetero) is 1. The normalized spacial score (nSPS) is 16.1. The first kappa shape index (κ1) is 19.3. The van der Waals surface area contributed by atoms with E-state index in [0.29, 0.717) is 43.9 Å². The predicted molar refractivity (Wildman–Crippen MR) is 95.1 cm³/mol. The van der Waals surface area contributed by atoms with Crippen LogP contribution in [0.15, 0.2) is 18.3 Å². The molecule has 1 N–H and O–H groups in total. The third-order valence-electron chi connectivity index (χ3n) is 4.30. The minimum Gasteiger partial charge on any atom is -0.324 e. The average Bonchev–Trinajstić information content (AvgIpc) is 2.55. The predicted octanol–water partition coefficient (Wildman–Crippen LogP) is 1.56. The molecule has 0 bridgehead atoms. The molecule has 8 nitrogen and oxygen atoms in total. The van der Waals surface area contributed by atoms with E-state index in [0.717, 1.165) is 0 Å². The maximum Gasteiger partial charge on any atom is 0.323 e. The lowest BCUT2D eigenvalue weighted by molar-refractivity contribution is 0.101. The van der Waals surface area contributed by atoms with E-state index in [1.54, 1.807) is 17.0 Å². The van der Waals surface area contributed by atoms with Crippen molar-refractivity contribution in [3.63, 3.8) is 0 Å². The summed E-state index contributed by atoms with van der Waals surface area (Å²) in [5.74, 6) is 0.294. The van der Waals surface area contributed by atoms with Crippen molar-refractivity contribution in [1.29, 1.82) is 0 Å². The number of rotatable bonds is 5. The van der Waals surface area contributed by atoms with Gasteiger partial charge in [-0.3, -0.25) is 10.1 Å². The quantitative estimate of drug-likeness (QED) is 0.795. The van der Waals surface area contributed by atoms with Gasteiger partial charge < -0.3 is 4.90 Å². The molecule has 1 saturated heterocycles. The summed E-state index contributed by atoms with van der Waals surface area (Å²) in [4.78, 5) is 29.2. The van der Waals surface area contributed by atoms with Crippen LogP contribution < -0.4 is 5.32 Å². The number of amides is 2. The van der Waals surface area contributed by atoms with Gasteiger partial charge in [0.05, 0.1) is 6.26 Å². The number of pyridine rings is 1. The summed E-state index contributed by atoms with van der Waals surface area (Å²) in [6, 6.07) is 2.85. The Morgan fingerprint density at radius 1 is 1.32 bits per heavy atom. The van der Waals surface area contributed by atoms with Crippen LogP contribution in [-0.4, -0.2) is 66.4 Å². The topological polar surface area (TPSA) is 99.7 Å². The average molecular weight is 368 g/mol. The van der Waals surface area contributed by atoms with Gasteiger partial charge in [0, 0.05) is 37.4 Å². The fourth-order valence-corrected chi connectivity index (χ4v) is 4.21. The van der Waals surface area contributed by atoms with E-state index in [1.807, 2.05) is 6.92 Å². The molecule has 1 aliphatic rings. The Morgan fingerprint density at radius 2 is 1.96 bits per heavy atom. The van der Waals surface area contributed by atoms with E-state index in [4.69, 9.17) is 0 Å². The van der Waals surface area contributed by atoms with Gasteiger partial charge in [-0.15, -0.1) is 0 Å². The van der Waals surface area contributed by atoms with Crippen molar-refractivity contribution in [1.82, 2.24) is 14.2 Å². The summed E-state index contributed by atoms with van der Waals surface area (Å²) in [6.45, 7) is 4.66. The molecule has 9 heteroatoms. The molecule has 25 heavy (non-hydrogen) atoms. The summed E-state index contributed by atoms with van der Waals surface area (Å²) in [5, 5.41) is 2.70. The number of ketones is 1. The summed E-state index contributed by atoms with van der Waals surface area (Å²) < 4.78 is 25.1. The van der Waals surface area contributed by atoms with E-state index in [9.17, 15) is 18.0 Å². The summed E-state index contributed by atoms with van der Waals surface area (Å²) >= 11 is 0. The molecular weight excluding hydrogens is 344 g/mol. The summed E-state index contributed by atoms with van der Waals surface area (Å²) in [5.41, 5.74) is 0.485. The number of likely N-dealkylation sites (tertiary alicyclic amines) is 1. The second-order valence-electron chi connectivity index (χ2n) is 6.10. The van der Waals surface area contributed by atoms with Gasteiger partial charge in [-0.2, -0.15) is 4.31 Å². The fourth-order valence-electron chi connectivity index (χ4n) is 2.99. The molecule has 1 aliphatic heterocycles. The first-order valence-electron chi connectivity index (χ1n) is 8.22. The van der Waals surface area contributed by atoms with Crippen LogP contribution in [0.1, 0.15) is 37.0 Å². The minimum atomic E-state index is -3.24. The van der Waals surface area contributed by atoms with Crippen molar-refractivity contribution >= 4 is 27.7 Å². The Kier molecular flexibility index (Phi) is 6.12. The number of carbonyl (C=O) groups excluding carboxylic acids is 2. The number of nitrogens with one attached hydrogen (secondary N) is 1. The van der Waals surface area contributed by atoms with Crippen molar-refractivity contribution in [2.24, 2.45) is 0 Å². The van der Waals surface area contributed by atoms with Crippen LogP contribution in [-0.2, 0) is 10.0 Å². The highest BCUT2D eigenvalue weighted by Crippen LogP contribution is 2.19. The smallest absolute Gasteiger partial charge is 0.323 e. The number of piperidine rings is 1. The van der Waals surface area contributed by atoms with Crippen molar-refractivity contribution in [3.05, 3.63) is 23.9 Å². The zero-order valence-electron chi connectivity index (χ0n) is 14.7. The van der Waals surface area contributed by atoms with Crippen LogP contribution in [0.4, 0.5) is 10.6 Å². The molecule has 0 saturated carbocycles. The minimum absolute atomic E-state index is 0.0722. The Balaban J connectivity index is 1.92. The summed E-state index contributed by atoms with van der Waals surface area (Å²) in [6.07, 6.45) is 3.84. The lowest BCUT2D eigenvalue weighted by atomic mass is 10.1. The first-order valence-corrected chi connectivity index (χ1v) is 10.1. The molecule has 0 aromatic carbocycles. The van der Waals surface area contributed by atoms with Gasteiger partial charge in [0.2, 0.25) is 10.0 Å². The number of hydrogen-bond donors (Lipinski definition) is 1. The highest BCUT2D eigenvalue weighted by atomic mass is 32.2. The Hall–Kier alpha value is -2.00. The molecule has 1 fully saturated rings. The van der Waals surface area contributed by atoms with Crippen molar-refractivity contribution in [3.8, 4) is 0 Å². The van der Waals surface area contributed by atoms with Crippen LogP contribution in [0.5, 0.6) is 0 Å². The van der Waals surface area contributed by atoms with Crippen molar-refractivity contribution in [2.75, 3.05) is 31.2 Å². The van der Waals surface area contributed by atoms with Gasteiger partial charge in [0.1, 0.15) is 5.82 Å². The number of urea groups is 1. The van der Waals surface area contributed by atoms with Crippen molar-refractivity contribution < 1.29 is 18.0 Å². The molecular formula is C16H24N4O4S. The molecule has 1 aromatic heterocycles. The number of anilines is 1. The Labute approximate surface area is 148 Å². The maximum absolute atomic E-state index is 12.3. The number of carbonyl (C=O) groups is 2. The third kappa shape index (κ3) is 4.99. The molecule has 0 radical (unpaired) electrons. The second-order valence-corrected chi connectivity index (χ2v) is 8.04. The van der Waals surface area contributed by atoms with Crippen LogP contribution in [0, 0.1) is 0 Å². The molecule has 0 spiro atoms. The lowest BCUT2D eigenvalue weighted by Crippen LogP contribution is -2.49. The standard InChI is InChI=1S/C16H24N4O4S/c1-4-20(25(3,23)24)14-7-9-19(10-8-14)16(22)18-15-6-5-13(11-17-15)12(2)21/h5-6,11,14H,4,7-10H2,1-3H3,(H,17,18,22). The number of aromatic nitrogens is 1. The number of hydrogen-bond acceptors (Lipinski definition) is 5. The fraction of sp³-hybridized carbons (Fsp3) is 0.562. The van der Waals surface area contributed by atoms with Crippen molar-refractivity contribution in [2.45, 2.75) is 32.7 Å². The number of nitrogens with zero attached hydrogens (tertiary/aromatic N) is 3. The largest absolute Gasteiger partial charge is 0.324 e.